The van der Waals surface area contributed by atoms with Crippen LogP contribution in [-0.2, 0) is 4.79 Å². The van der Waals surface area contributed by atoms with Crippen molar-refractivity contribution in [1.82, 2.24) is 14.5 Å². The van der Waals surface area contributed by atoms with Gasteiger partial charge in [0.15, 0.2) is 5.16 Å². The van der Waals surface area contributed by atoms with Crippen LogP contribution in [0.3, 0.4) is 0 Å². The minimum Gasteiger partial charge on any atom is -0.495 e. The molecule has 1 fully saturated rings. The zero-order valence-corrected chi connectivity index (χ0v) is 19.1. The van der Waals surface area contributed by atoms with Gasteiger partial charge >= 0.3 is 0 Å². The lowest BCUT2D eigenvalue weighted by molar-refractivity contribution is -0.131. The van der Waals surface area contributed by atoms with Crippen LogP contribution in [-0.4, -0.2) is 45.8 Å². The summed E-state index contributed by atoms with van der Waals surface area (Å²) in [5.74, 6) is 0.599. The third kappa shape index (κ3) is 4.43. The van der Waals surface area contributed by atoms with E-state index in [0.717, 1.165) is 32.4 Å². The zero-order valence-electron chi connectivity index (χ0n) is 17.5. The fourth-order valence-corrected chi connectivity index (χ4v) is 5.06. The van der Waals surface area contributed by atoms with E-state index in [1.54, 1.807) is 31.4 Å². The van der Waals surface area contributed by atoms with Gasteiger partial charge in [-0.2, -0.15) is 0 Å². The first-order chi connectivity index (χ1) is 15.0. The van der Waals surface area contributed by atoms with Crippen molar-refractivity contribution in [2.75, 3.05) is 20.2 Å². The number of para-hydroxylation sites is 1. The third-order valence-electron chi connectivity index (χ3n) is 5.44. The molecule has 1 unspecified atom stereocenters. The van der Waals surface area contributed by atoms with E-state index in [0.29, 0.717) is 32.5 Å². The number of thioether (sulfide) groups is 1. The molecule has 0 spiro atoms. The Balaban J connectivity index is 1.78. The van der Waals surface area contributed by atoms with Crippen LogP contribution < -0.4 is 10.3 Å². The molecule has 0 N–H and O–H groups in total. The summed E-state index contributed by atoms with van der Waals surface area (Å²) >= 11 is 7.63. The third-order valence-corrected chi connectivity index (χ3v) is 6.77. The van der Waals surface area contributed by atoms with Gasteiger partial charge in [0.2, 0.25) is 5.91 Å². The van der Waals surface area contributed by atoms with E-state index in [1.165, 1.54) is 16.3 Å². The van der Waals surface area contributed by atoms with Gasteiger partial charge in [0.1, 0.15) is 5.75 Å². The number of nitrogens with zero attached hydrogens (tertiary/aromatic N) is 3. The van der Waals surface area contributed by atoms with Gasteiger partial charge in [-0.3, -0.25) is 14.2 Å². The van der Waals surface area contributed by atoms with Crippen LogP contribution >= 0.6 is 23.4 Å². The molecule has 4 rings (SSSR count). The van der Waals surface area contributed by atoms with Crippen LogP contribution in [0.5, 0.6) is 5.75 Å². The van der Waals surface area contributed by atoms with Gasteiger partial charge in [0.05, 0.1) is 34.0 Å². The van der Waals surface area contributed by atoms with Crippen LogP contribution in [0.2, 0.25) is 5.02 Å². The van der Waals surface area contributed by atoms with Gasteiger partial charge in [-0.25, -0.2) is 4.98 Å². The lowest BCUT2D eigenvalue weighted by Gasteiger charge is -2.29. The SMILES string of the molecule is COc1ccc(-n2c(SC(C)C(=O)N3CCCCC3)nc3ccccc3c2=O)cc1Cl. The summed E-state index contributed by atoms with van der Waals surface area (Å²) in [4.78, 5) is 33.0. The summed E-state index contributed by atoms with van der Waals surface area (Å²) < 4.78 is 6.77. The van der Waals surface area contributed by atoms with E-state index in [4.69, 9.17) is 21.3 Å². The lowest BCUT2D eigenvalue weighted by Crippen LogP contribution is -2.40. The second kappa shape index (κ2) is 9.32. The van der Waals surface area contributed by atoms with Crippen molar-refractivity contribution in [3.63, 3.8) is 0 Å². The molecular weight excluding hydrogens is 434 g/mol. The Labute approximate surface area is 190 Å². The van der Waals surface area contributed by atoms with Gasteiger partial charge in [0.25, 0.3) is 5.56 Å². The van der Waals surface area contributed by atoms with E-state index in [-0.39, 0.29) is 16.7 Å². The lowest BCUT2D eigenvalue weighted by atomic mass is 10.1. The van der Waals surface area contributed by atoms with Crippen molar-refractivity contribution in [3.05, 3.63) is 57.8 Å². The van der Waals surface area contributed by atoms with Crippen molar-refractivity contribution in [2.24, 2.45) is 0 Å². The predicted octanol–water partition coefficient (Wildman–Crippen LogP) is 4.54. The standard InChI is InChI=1S/C23H24ClN3O3S/c1-15(21(28)26-12-6-3-7-13-26)31-23-25-19-9-5-4-8-17(19)22(29)27(23)16-10-11-20(30-2)18(24)14-16/h4-5,8-11,14-15H,3,6-7,12-13H2,1-2H3. The molecule has 8 heteroatoms. The topological polar surface area (TPSA) is 64.4 Å². The largest absolute Gasteiger partial charge is 0.495 e. The van der Waals surface area contributed by atoms with E-state index in [1.807, 2.05) is 30.0 Å². The first-order valence-corrected chi connectivity index (χ1v) is 11.6. The summed E-state index contributed by atoms with van der Waals surface area (Å²) in [5, 5.41) is 0.996. The second-order valence-electron chi connectivity index (χ2n) is 7.52. The molecular formula is C23H24ClN3O3S. The molecule has 0 radical (unpaired) electrons. The summed E-state index contributed by atoms with van der Waals surface area (Å²) in [6.07, 6.45) is 3.23. The number of benzene rings is 2. The Kier molecular flexibility index (Phi) is 6.53. The van der Waals surface area contributed by atoms with Crippen LogP contribution in [0.25, 0.3) is 16.6 Å². The first kappa shape index (κ1) is 21.7. The molecule has 31 heavy (non-hydrogen) atoms. The van der Waals surface area contributed by atoms with Crippen molar-refractivity contribution < 1.29 is 9.53 Å². The van der Waals surface area contributed by atoms with Crippen molar-refractivity contribution in [1.29, 1.82) is 0 Å². The normalized spacial score (nSPS) is 15.1. The van der Waals surface area contributed by atoms with E-state index in [2.05, 4.69) is 0 Å². The molecule has 3 aromatic rings. The predicted molar refractivity (Wildman–Crippen MR) is 125 cm³/mol. The molecule has 2 aromatic carbocycles. The number of piperidine rings is 1. The fourth-order valence-electron chi connectivity index (χ4n) is 3.79. The van der Waals surface area contributed by atoms with Gasteiger partial charge in [-0.05, 0) is 56.5 Å². The van der Waals surface area contributed by atoms with Crippen molar-refractivity contribution in [2.45, 2.75) is 36.6 Å². The number of carbonyl (C=O) groups excluding carboxylic acids is 1. The molecule has 1 aliphatic rings. The highest BCUT2D eigenvalue weighted by molar-refractivity contribution is 8.00. The average molecular weight is 458 g/mol. The maximum Gasteiger partial charge on any atom is 0.266 e. The minimum atomic E-state index is -0.369. The molecule has 0 aliphatic carbocycles. The number of methoxy groups -OCH3 is 1. The first-order valence-electron chi connectivity index (χ1n) is 10.3. The highest BCUT2D eigenvalue weighted by Crippen LogP contribution is 2.30. The zero-order chi connectivity index (χ0) is 22.0. The van der Waals surface area contributed by atoms with Crippen LogP contribution in [0.4, 0.5) is 0 Å². The fraction of sp³-hybridized carbons (Fsp3) is 0.348. The highest BCUT2D eigenvalue weighted by atomic mass is 35.5. The highest BCUT2D eigenvalue weighted by Gasteiger charge is 2.25. The number of halogens is 1. The summed E-state index contributed by atoms with van der Waals surface area (Å²) in [5.41, 5.74) is 0.976. The minimum absolute atomic E-state index is 0.0754. The molecule has 2 heterocycles. The van der Waals surface area contributed by atoms with Gasteiger partial charge < -0.3 is 9.64 Å². The molecule has 0 saturated carbocycles. The number of fused-ring (bicyclic) bond motifs is 1. The Hall–Kier alpha value is -2.51. The van der Waals surface area contributed by atoms with Gasteiger partial charge in [-0.15, -0.1) is 0 Å². The molecule has 162 valence electrons. The molecule has 1 saturated heterocycles. The van der Waals surface area contributed by atoms with Gasteiger partial charge in [-0.1, -0.05) is 35.5 Å². The summed E-state index contributed by atoms with van der Waals surface area (Å²) in [6.45, 7) is 3.44. The molecule has 1 atom stereocenters. The summed E-state index contributed by atoms with van der Waals surface area (Å²) in [7, 11) is 1.54. The van der Waals surface area contributed by atoms with Gasteiger partial charge in [0, 0.05) is 13.1 Å². The number of hydrogen-bond donors (Lipinski definition) is 0. The Morgan fingerprint density at radius 2 is 1.90 bits per heavy atom. The van der Waals surface area contributed by atoms with Crippen LogP contribution in [0.15, 0.2) is 52.4 Å². The average Bonchev–Trinajstić information content (AvgIpc) is 2.79. The number of rotatable bonds is 5. The van der Waals surface area contributed by atoms with Crippen LogP contribution in [0.1, 0.15) is 26.2 Å². The van der Waals surface area contributed by atoms with E-state index >= 15 is 0 Å². The molecule has 1 amide bonds. The Morgan fingerprint density at radius 1 is 1.16 bits per heavy atom. The van der Waals surface area contributed by atoms with E-state index < -0.39 is 0 Å². The van der Waals surface area contributed by atoms with Crippen LogP contribution in [0, 0.1) is 0 Å². The number of aromatic nitrogens is 2. The van der Waals surface area contributed by atoms with E-state index in [9.17, 15) is 9.59 Å². The number of amides is 1. The monoisotopic (exact) mass is 457 g/mol. The summed E-state index contributed by atoms with van der Waals surface area (Å²) in [6, 6.07) is 12.4. The van der Waals surface area contributed by atoms with Crippen molar-refractivity contribution in [3.8, 4) is 11.4 Å². The molecule has 0 bridgehead atoms. The Bertz CT molecular complexity index is 1170. The maximum absolute atomic E-state index is 13.4. The van der Waals surface area contributed by atoms with Crippen molar-refractivity contribution >= 4 is 40.2 Å². The molecule has 6 nitrogen and oxygen atoms in total. The number of hydrogen-bond acceptors (Lipinski definition) is 5. The quantitative estimate of drug-likeness (QED) is 0.415. The Morgan fingerprint density at radius 3 is 2.61 bits per heavy atom. The molecule has 1 aromatic heterocycles. The molecule has 1 aliphatic heterocycles. The number of likely N-dealkylation sites (tertiary alicyclic amines) is 1. The second-order valence-corrected chi connectivity index (χ2v) is 9.23. The number of carbonyl (C=O) groups is 1. The number of ether oxygens (including phenoxy) is 1. The maximum atomic E-state index is 13.4. The smallest absolute Gasteiger partial charge is 0.266 e.